The zero-order valence-corrected chi connectivity index (χ0v) is 36.1. The molecule has 5 amide bonds. The van der Waals surface area contributed by atoms with Crippen molar-refractivity contribution in [3.05, 3.63) is 120 Å². The normalized spacial score (nSPS) is 17.9. The van der Waals surface area contributed by atoms with Crippen molar-refractivity contribution < 1.29 is 29.1 Å². The maximum absolute atomic E-state index is 14.7. The molecule has 12 N–H and O–H groups in total. The van der Waals surface area contributed by atoms with Crippen molar-refractivity contribution in [1.82, 2.24) is 26.6 Å². The summed E-state index contributed by atoms with van der Waals surface area (Å²) in [6.07, 6.45) is 3.89. The van der Waals surface area contributed by atoms with Crippen LogP contribution < -0.4 is 43.8 Å². The van der Waals surface area contributed by atoms with Crippen molar-refractivity contribution in [2.24, 2.45) is 22.2 Å². The summed E-state index contributed by atoms with van der Waals surface area (Å²) in [6, 6.07) is 29.3. The van der Waals surface area contributed by atoms with Crippen LogP contribution in [0.2, 0.25) is 0 Å². The Morgan fingerprint density at radius 1 is 0.698 bits per heavy atom. The van der Waals surface area contributed by atoms with Gasteiger partial charge in [0, 0.05) is 19.4 Å². The Bertz CT molecular complexity index is 2160. The second kappa shape index (κ2) is 23.8. The number of guanidine groups is 1. The van der Waals surface area contributed by atoms with Crippen LogP contribution in [0.5, 0.6) is 0 Å². The minimum atomic E-state index is -1.20. The molecule has 63 heavy (non-hydrogen) atoms. The monoisotopic (exact) mass is 861 g/mol. The topological polar surface area (TPSA) is 256 Å². The lowest BCUT2D eigenvalue weighted by atomic mass is 9.73. The number of hydrogen-bond acceptors (Lipinski definition) is 8. The van der Waals surface area contributed by atoms with Gasteiger partial charge < -0.3 is 43.6 Å². The highest BCUT2D eigenvalue weighted by Gasteiger charge is 2.44. The molecule has 4 aromatic rings. The maximum Gasteiger partial charge on any atom is 0.243 e. The third-order valence-corrected chi connectivity index (χ3v) is 11.6. The van der Waals surface area contributed by atoms with Crippen LogP contribution in [0.1, 0.15) is 87.3 Å². The van der Waals surface area contributed by atoms with E-state index in [2.05, 4.69) is 43.7 Å². The molecular formula is C48H63N9O6. The third-order valence-electron chi connectivity index (χ3n) is 11.6. The fourth-order valence-corrected chi connectivity index (χ4v) is 8.18. The van der Waals surface area contributed by atoms with Crippen LogP contribution in [-0.4, -0.2) is 83.6 Å². The van der Waals surface area contributed by atoms with E-state index in [1.54, 1.807) is 0 Å². The molecule has 1 saturated carbocycles. The number of carbonyl (C=O) groups excluding carboxylic acids is 5. The zero-order chi connectivity index (χ0) is 45.2. The van der Waals surface area contributed by atoms with Crippen molar-refractivity contribution in [1.29, 1.82) is 0 Å². The summed E-state index contributed by atoms with van der Waals surface area (Å²) in [7, 11) is 0. The molecule has 336 valence electrons. The number of primary amides is 1. The summed E-state index contributed by atoms with van der Waals surface area (Å²) < 4.78 is 0. The van der Waals surface area contributed by atoms with E-state index in [1.807, 2.05) is 97.9 Å². The summed E-state index contributed by atoms with van der Waals surface area (Å²) in [5, 5.41) is 27.6. The van der Waals surface area contributed by atoms with Gasteiger partial charge in [-0.1, -0.05) is 116 Å². The molecule has 0 saturated heterocycles. The largest absolute Gasteiger partial charge is 0.379 e. The number of hydrogen-bond donors (Lipinski definition) is 9. The lowest BCUT2D eigenvalue weighted by Crippen LogP contribution is -2.64. The van der Waals surface area contributed by atoms with Crippen molar-refractivity contribution in [2.75, 3.05) is 13.1 Å². The van der Waals surface area contributed by atoms with Crippen LogP contribution in [-0.2, 0) is 36.8 Å². The molecule has 0 bridgehead atoms. The van der Waals surface area contributed by atoms with Gasteiger partial charge in [0.1, 0.15) is 24.4 Å². The maximum atomic E-state index is 14.7. The highest BCUT2D eigenvalue weighted by atomic mass is 16.3. The Morgan fingerprint density at radius 2 is 1.30 bits per heavy atom. The van der Waals surface area contributed by atoms with Crippen LogP contribution in [0.3, 0.4) is 0 Å². The van der Waals surface area contributed by atoms with Gasteiger partial charge in [-0.15, -0.1) is 0 Å². The van der Waals surface area contributed by atoms with Crippen LogP contribution in [0.25, 0.3) is 10.8 Å². The SMILES string of the molecule is CCCCC(O)NC1(C(=O)N[C@H](Cc2ccccc2)C(=O)N[C@@H](CCCN=C(N)N)C(=O)N[C@@H](Cc2ccc3ccccc3c2)C(=O)NCC(N)=O)CCC(c2ccccc2)CC1. The lowest BCUT2D eigenvalue weighted by Gasteiger charge is -2.42. The van der Waals surface area contributed by atoms with Crippen LogP contribution in [0.15, 0.2) is 108 Å². The first-order valence-electron chi connectivity index (χ1n) is 21.9. The Morgan fingerprint density at radius 3 is 1.97 bits per heavy atom. The van der Waals surface area contributed by atoms with Crippen LogP contribution in [0.4, 0.5) is 0 Å². The number of amides is 5. The molecule has 5 rings (SSSR count). The van der Waals surface area contributed by atoms with E-state index in [9.17, 15) is 29.1 Å². The van der Waals surface area contributed by atoms with Gasteiger partial charge in [0.2, 0.25) is 29.5 Å². The van der Waals surface area contributed by atoms with Gasteiger partial charge in [-0.3, -0.25) is 34.3 Å². The third kappa shape index (κ3) is 14.6. The Hall–Kier alpha value is -6.32. The molecule has 0 spiro atoms. The van der Waals surface area contributed by atoms with E-state index < -0.39 is 66.0 Å². The molecule has 1 fully saturated rings. The highest BCUT2D eigenvalue weighted by Crippen LogP contribution is 2.39. The standard InChI is InChI=1S/C48H63N9O6/c1-2-3-20-42(59)57-48(25-23-36(24-26-48)34-15-8-5-9-16-34)46(63)56-40(29-32-13-6-4-7-14-32)45(62)54-38(19-12-27-52-47(50)51)44(61)55-39(43(60)53-31-41(49)58)30-33-21-22-35-17-10-11-18-37(35)28-33/h4-11,13-18,21-22,28,36,38-40,42,57,59H,2-3,12,19-20,23-27,29-31H2,1H3,(H2,49,58)(H,53,60)(H,54,62)(H,55,61)(H,56,63)(H4,50,51,52)/t36?,38-,39-,40+,42?,48?/m0/s1. The first kappa shape index (κ1) is 47.7. The van der Waals surface area contributed by atoms with Crippen molar-refractivity contribution in [2.45, 2.75) is 113 Å². The van der Waals surface area contributed by atoms with E-state index in [-0.39, 0.29) is 44.1 Å². The average molecular weight is 862 g/mol. The van der Waals surface area contributed by atoms with Gasteiger partial charge in [-0.2, -0.15) is 0 Å². The minimum Gasteiger partial charge on any atom is -0.379 e. The minimum absolute atomic E-state index is 0.0623. The summed E-state index contributed by atoms with van der Waals surface area (Å²) >= 11 is 0. The van der Waals surface area contributed by atoms with E-state index in [4.69, 9.17) is 17.2 Å². The summed E-state index contributed by atoms with van der Waals surface area (Å²) in [5.41, 5.74) is 18.0. The number of rotatable bonds is 23. The summed E-state index contributed by atoms with van der Waals surface area (Å²) in [6.45, 7) is 1.75. The number of nitrogens with one attached hydrogen (secondary N) is 5. The molecule has 0 heterocycles. The van der Waals surface area contributed by atoms with Crippen LogP contribution in [0, 0.1) is 0 Å². The number of benzene rings is 4. The zero-order valence-electron chi connectivity index (χ0n) is 36.1. The molecule has 0 radical (unpaired) electrons. The van der Waals surface area contributed by atoms with E-state index in [0.717, 1.165) is 34.7 Å². The summed E-state index contributed by atoms with van der Waals surface area (Å²) in [5.74, 6) is -3.02. The van der Waals surface area contributed by atoms with Gasteiger partial charge in [0.05, 0.1) is 12.1 Å². The van der Waals surface area contributed by atoms with Gasteiger partial charge >= 0.3 is 0 Å². The number of carbonyl (C=O) groups is 5. The van der Waals surface area contributed by atoms with E-state index >= 15 is 0 Å². The van der Waals surface area contributed by atoms with Gasteiger partial charge in [0.15, 0.2) is 5.96 Å². The fourth-order valence-electron chi connectivity index (χ4n) is 8.18. The predicted octanol–water partition coefficient (Wildman–Crippen LogP) is 2.93. The van der Waals surface area contributed by atoms with E-state index in [0.29, 0.717) is 32.1 Å². The number of aliphatic hydroxyl groups is 1. The van der Waals surface area contributed by atoms with Gasteiger partial charge in [-0.25, -0.2) is 0 Å². The van der Waals surface area contributed by atoms with Gasteiger partial charge in [0.25, 0.3) is 0 Å². The quantitative estimate of drug-likeness (QED) is 0.0230. The van der Waals surface area contributed by atoms with Gasteiger partial charge in [-0.05, 0) is 84.7 Å². The van der Waals surface area contributed by atoms with Crippen molar-refractivity contribution >= 4 is 46.3 Å². The molecule has 1 aliphatic carbocycles. The smallest absolute Gasteiger partial charge is 0.243 e. The number of nitrogens with two attached hydrogens (primary N) is 3. The first-order valence-corrected chi connectivity index (χ1v) is 21.9. The lowest BCUT2D eigenvalue weighted by molar-refractivity contribution is -0.136. The number of fused-ring (bicyclic) bond motifs is 1. The molecule has 1 aliphatic rings. The molecule has 15 heteroatoms. The van der Waals surface area contributed by atoms with Crippen molar-refractivity contribution in [3.63, 3.8) is 0 Å². The number of aliphatic imine (C=N–C) groups is 1. The van der Waals surface area contributed by atoms with E-state index in [1.165, 1.54) is 5.56 Å². The first-order chi connectivity index (χ1) is 30.4. The molecular weight excluding hydrogens is 799 g/mol. The summed E-state index contributed by atoms with van der Waals surface area (Å²) in [4.78, 5) is 72.8. The van der Waals surface area contributed by atoms with Crippen molar-refractivity contribution in [3.8, 4) is 0 Å². The number of nitrogens with zero attached hydrogens (tertiary/aromatic N) is 1. The Kier molecular flexibility index (Phi) is 18.0. The Balaban J connectivity index is 1.41. The molecule has 4 aromatic carbocycles. The van der Waals surface area contributed by atoms with Crippen LogP contribution >= 0.6 is 0 Å². The second-order valence-electron chi connectivity index (χ2n) is 16.4. The Labute approximate surface area is 369 Å². The molecule has 15 nitrogen and oxygen atoms in total. The molecule has 0 aromatic heterocycles. The number of aliphatic hydroxyl groups excluding tert-OH is 1. The number of unbranched alkanes of at least 4 members (excludes halogenated alkanes) is 1. The fraction of sp³-hybridized carbons (Fsp3) is 0.417. The molecule has 0 aliphatic heterocycles. The second-order valence-corrected chi connectivity index (χ2v) is 16.4. The molecule has 4 atom stereocenters. The average Bonchev–Trinajstić information content (AvgIpc) is 3.28. The highest BCUT2D eigenvalue weighted by molar-refractivity contribution is 5.96. The predicted molar refractivity (Wildman–Crippen MR) is 245 cm³/mol. The molecule has 1 unspecified atom stereocenters.